The number of carbonyl (C=O) groups is 1. The maximum atomic E-state index is 11.3. The van der Waals surface area contributed by atoms with Crippen LogP contribution in [-0.4, -0.2) is 13.1 Å². The van der Waals surface area contributed by atoms with E-state index in [0.717, 1.165) is 0 Å². The topological polar surface area (TPSA) is 59.3 Å². The number of rotatable bonds is 3. The molecule has 0 bridgehead atoms. The van der Waals surface area contributed by atoms with Crippen LogP contribution >= 0.6 is 0 Å². The SMILES string of the molecule is COC(=O)c1ccc(Oc2cccc(C#N)c2)cc1. The fourth-order valence-electron chi connectivity index (χ4n) is 1.54. The van der Waals surface area contributed by atoms with Crippen LogP contribution in [0.25, 0.3) is 0 Å². The van der Waals surface area contributed by atoms with E-state index >= 15 is 0 Å². The van der Waals surface area contributed by atoms with E-state index in [1.54, 1.807) is 48.5 Å². The van der Waals surface area contributed by atoms with Crippen molar-refractivity contribution in [3.05, 3.63) is 59.7 Å². The first-order valence-corrected chi connectivity index (χ1v) is 5.59. The van der Waals surface area contributed by atoms with Crippen molar-refractivity contribution in [2.45, 2.75) is 0 Å². The molecule has 2 rings (SSSR count). The Morgan fingerprint density at radius 2 is 1.84 bits per heavy atom. The van der Waals surface area contributed by atoms with E-state index in [9.17, 15) is 4.79 Å². The summed E-state index contributed by atoms with van der Waals surface area (Å²) in [5.74, 6) is 0.769. The molecule has 0 radical (unpaired) electrons. The summed E-state index contributed by atoms with van der Waals surface area (Å²) in [7, 11) is 1.33. The van der Waals surface area contributed by atoms with E-state index in [1.807, 2.05) is 6.07 Å². The fraction of sp³-hybridized carbons (Fsp3) is 0.0667. The number of nitrogens with zero attached hydrogens (tertiary/aromatic N) is 1. The molecule has 0 aliphatic rings. The van der Waals surface area contributed by atoms with E-state index in [0.29, 0.717) is 22.6 Å². The molecule has 0 amide bonds. The quantitative estimate of drug-likeness (QED) is 0.788. The Morgan fingerprint density at radius 1 is 1.11 bits per heavy atom. The van der Waals surface area contributed by atoms with E-state index in [-0.39, 0.29) is 0 Å². The molecule has 0 spiro atoms. The average molecular weight is 253 g/mol. The number of esters is 1. The predicted molar refractivity (Wildman–Crippen MR) is 69.0 cm³/mol. The van der Waals surface area contributed by atoms with Gasteiger partial charge in [0.1, 0.15) is 11.5 Å². The van der Waals surface area contributed by atoms with Crippen LogP contribution in [0.1, 0.15) is 15.9 Å². The average Bonchev–Trinajstić information content (AvgIpc) is 2.47. The zero-order valence-corrected chi connectivity index (χ0v) is 10.3. The standard InChI is InChI=1S/C15H11NO3/c1-18-15(17)12-5-7-13(8-6-12)19-14-4-2-3-11(9-14)10-16/h2-9H,1H3. The minimum atomic E-state index is -0.391. The van der Waals surface area contributed by atoms with Gasteiger partial charge < -0.3 is 9.47 Å². The van der Waals surface area contributed by atoms with E-state index in [2.05, 4.69) is 4.74 Å². The molecule has 0 saturated heterocycles. The van der Waals surface area contributed by atoms with Gasteiger partial charge in [0.05, 0.1) is 24.3 Å². The molecule has 0 aliphatic carbocycles. The number of ether oxygens (including phenoxy) is 2. The van der Waals surface area contributed by atoms with Gasteiger partial charge in [-0.1, -0.05) is 6.07 Å². The van der Waals surface area contributed by atoms with Gasteiger partial charge in [-0.15, -0.1) is 0 Å². The Labute approximate surface area is 110 Å². The summed E-state index contributed by atoms with van der Waals surface area (Å²) in [6.07, 6.45) is 0. The highest BCUT2D eigenvalue weighted by Crippen LogP contribution is 2.22. The summed E-state index contributed by atoms with van der Waals surface area (Å²) in [4.78, 5) is 11.3. The molecule has 0 unspecified atom stereocenters. The molecular formula is C15H11NO3. The van der Waals surface area contributed by atoms with E-state index < -0.39 is 5.97 Å². The Hall–Kier alpha value is -2.80. The number of hydrogen-bond donors (Lipinski definition) is 0. The van der Waals surface area contributed by atoms with Crippen molar-refractivity contribution in [3.8, 4) is 17.6 Å². The summed E-state index contributed by atoms with van der Waals surface area (Å²) in [5, 5.41) is 8.80. The van der Waals surface area contributed by atoms with Crippen LogP contribution in [-0.2, 0) is 4.74 Å². The van der Waals surface area contributed by atoms with Crippen molar-refractivity contribution in [2.24, 2.45) is 0 Å². The van der Waals surface area contributed by atoms with Gasteiger partial charge in [0, 0.05) is 0 Å². The fourth-order valence-corrected chi connectivity index (χ4v) is 1.54. The number of benzene rings is 2. The van der Waals surface area contributed by atoms with Crippen molar-refractivity contribution in [1.82, 2.24) is 0 Å². The summed E-state index contributed by atoms with van der Waals surface area (Å²) < 4.78 is 10.2. The Morgan fingerprint density at radius 3 is 2.47 bits per heavy atom. The molecule has 0 fully saturated rings. The van der Waals surface area contributed by atoms with Gasteiger partial charge >= 0.3 is 5.97 Å². The first-order valence-electron chi connectivity index (χ1n) is 5.59. The lowest BCUT2D eigenvalue weighted by atomic mass is 10.2. The van der Waals surface area contributed by atoms with Crippen LogP contribution in [0.5, 0.6) is 11.5 Å². The molecule has 94 valence electrons. The van der Waals surface area contributed by atoms with Gasteiger partial charge in [0.2, 0.25) is 0 Å². The summed E-state index contributed by atoms with van der Waals surface area (Å²) >= 11 is 0. The minimum absolute atomic E-state index is 0.391. The molecule has 0 aromatic heterocycles. The second-order valence-electron chi connectivity index (χ2n) is 3.76. The van der Waals surface area contributed by atoms with Gasteiger partial charge in [0.25, 0.3) is 0 Å². The number of carbonyl (C=O) groups excluding carboxylic acids is 1. The monoisotopic (exact) mass is 253 g/mol. The molecule has 0 N–H and O–H groups in total. The normalized spacial score (nSPS) is 9.47. The van der Waals surface area contributed by atoms with Crippen molar-refractivity contribution in [3.63, 3.8) is 0 Å². The first kappa shape index (κ1) is 12.7. The third-order valence-corrected chi connectivity index (χ3v) is 2.47. The van der Waals surface area contributed by atoms with Crippen LogP contribution in [0, 0.1) is 11.3 Å². The number of hydrogen-bond acceptors (Lipinski definition) is 4. The summed E-state index contributed by atoms with van der Waals surface area (Å²) in [6.45, 7) is 0. The molecule has 0 atom stereocenters. The Kier molecular flexibility index (Phi) is 3.79. The second-order valence-corrected chi connectivity index (χ2v) is 3.76. The van der Waals surface area contributed by atoms with Gasteiger partial charge in [-0.3, -0.25) is 0 Å². The smallest absolute Gasteiger partial charge is 0.337 e. The molecular weight excluding hydrogens is 242 g/mol. The summed E-state index contributed by atoms with van der Waals surface area (Å²) in [5.41, 5.74) is 0.990. The number of nitriles is 1. The van der Waals surface area contributed by atoms with Crippen molar-refractivity contribution in [1.29, 1.82) is 5.26 Å². The molecule has 4 nitrogen and oxygen atoms in total. The van der Waals surface area contributed by atoms with E-state index in [1.165, 1.54) is 7.11 Å². The zero-order valence-electron chi connectivity index (χ0n) is 10.3. The third-order valence-electron chi connectivity index (χ3n) is 2.47. The molecule has 19 heavy (non-hydrogen) atoms. The number of methoxy groups -OCH3 is 1. The predicted octanol–water partition coefficient (Wildman–Crippen LogP) is 3.14. The van der Waals surface area contributed by atoms with Gasteiger partial charge in [0.15, 0.2) is 0 Å². The van der Waals surface area contributed by atoms with Crippen LogP contribution in [0.4, 0.5) is 0 Å². The van der Waals surface area contributed by atoms with Crippen LogP contribution in [0.3, 0.4) is 0 Å². The third kappa shape index (κ3) is 3.11. The van der Waals surface area contributed by atoms with Crippen LogP contribution in [0.2, 0.25) is 0 Å². The van der Waals surface area contributed by atoms with Crippen molar-refractivity contribution in [2.75, 3.05) is 7.11 Å². The maximum Gasteiger partial charge on any atom is 0.337 e. The molecule has 0 saturated carbocycles. The molecule has 4 heteroatoms. The molecule has 2 aromatic carbocycles. The highest BCUT2D eigenvalue weighted by molar-refractivity contribution is 5.89. The lowest BCUT2D eigenvalue weighted by molar-refractivity contribution is 0.0600. The highest BCUT2D eigenvalue weighted by Gasteiger charge is 2.05. The van der Waals surface area contributed by atoms with Crippen molar-refractivity contribution >= 4 is 5.97 Å². The summed E-state index contributed by atoms with van der Waals surface area (Å²) in [6, 6.07) is 15.5. The molecule has 0 aliphatic heterocycles. The van der Waals surface area contributed by atoms with Gasteiger partial charge in [-0.2, -0.15) is 5.26 Å². The Bertz CT molecular complexity index is 627. The Balaban J connectivity index is 2.15. The second kappa shape index (κ2) is 5.69. The minimum Gasteiger partial charge on any atom is -0.465 e. The van der Waals surface area contributed by atoms with E-state index in [4.69, 9.17) is 10.00 Å². The molecule has 0 heterocycles. The lowest BCUT2D eigenvalue weighted by Gasteiger charge is -2.06. The maximum absolute atomic E-state index is 11.3. The van der Waals surface area contributed by atoms with Crippen molar-refractivity contribution < 1.29 is 14.3 Å². The van der Waals surface area contributed by atoms with Crippen LogP contribution in [0.15, 0.2) is 48.5 Å². The highest BCUT2D eigenvalue weighted by atomic mass is 16.5. The van der Waals surface area contributed by atoms with Gasteiger partial charge in [-0.25, -0.2) is 4.79 Å². The lowest BCUT2D eigenvalue weighted by Crippen LogP contribution is -2.00. The van der Waals surface area contributed by atoms with Gasteiger partial charge in [-0.05, 0) is 42.5 Å². The first-order chi connectivity index (χ1) is 9.22. The molecule has 2 aromatic rings. The van der Waals surface area contributed by atoms with Crippen LogP contribution < -0.4 is 4.74 Å². The zero-order chi connectivity index (χ0) is 13.7. The largest absolute Gasteiger partial charge is 0.465 e.